The average molecular weight is 283 g/mol. The van der Waals surface area contributed by atoms with Crippen molar-refractivity contribution in [2.75, 3.05) is 6.61 Å². The Morgan fingerprint density at radius 1 is 1.05 bits per heavy atom. The summed E-state index contributed by atoms with van der Waals surface area (Å²) in [6.45, 7) is 0.264. The summed E-state index contributed by atoms with van der Waals surface area (Å²) in [6, 6.07) is 15.5. The van der Waals surface area contributed by atoms with E-state index in [-0.39, 0.29) is 12.3 Å². The molecule has 5 nitrogen and oxygen atoms in total. The van der Waals surface area contributed by atoms with Crippen LogP contribution in [0.2, 0.25) is 0 Å². The van der Waals surface area contributed by atoms with Gasteiger partial charge < -0.3 is 4.74 Å². The fourth-order valence-corrected chi connectivity index (χ4v) is 2.90. The summed E-state index contributed by atoms with van der Waals surface area (Å²) in [4.78, 5) is 23.3. The molecule has 1 heterocycles. The molecule has 0 bridgehead atoms. The van der Waals surface area contributed by atoms with E-state index in [1.165, 1.54) is 6.07 Å². The van der Waals surface area contributed by atoms with Crippen LogP contribution in [0.4, 0.5) is 5.69 Å². The number of nitro benzene ring substituents is 1. The number of benzene rings is 2. The number of esters is 1. The molecule has 3 rings (SSSR count). The van der Waals surface area contributed by atoms with Gasteiger partial charge in [0, 0.05) is 12.5 Å². The standard InChI is InChI=1S/C16H13NO4/c18-15-16(10-11-21-15,12-6-2-1-3-7-12)13-8-4-5-9-14(13)17(19)20/h1-9H,10-11H2. The summed E-state index contributed by atoms with van der Waals surface area (Å²) in [5.74, 6) is -0.428. The van der Waals surface area contributed by atoms with Gasteiger partial charge in [-0.1, -0.05) is 48.5 Å². The van der Waals surface area contributed by atoms with Crippen LogP contribution in [0.15, 0.2) is 54.6 Å². The number of rotatable bonds is 3. The van der Waals surface area contributed by atoms with E-state index in [2.05, 4.69) is 0 Å². The van der Waals surface area contributed by atoms with Gasteiger partial charge in [0.15, 0.2) is 0 Å². The lowest BCUT2D eigenvalue weighted by Crippen LogP contribution is -2.33. The van der Waals surface area contributed by atoms with Gasteiger partial charge in [-0.2, -0.15) is 0 Å². The van der Waals surface area contributed by atoms with Crippen molar-refractivity contribution in [1.29, 1.82) is 0 Å². The lowest BCUT2D eigenvalue weighted by atomic mass is 9.73. The molecule has 1 aliphatic rings. The molecule has 21 heavy (non-hydrogen) atoms. The number of carbonyl (C=O) groups excluding carboxylic acids is 1. The molecule has 0 N–H and O–H groups in total. The number of cyclic esters (lactones) is 1. The molecule has 1 atom stereocenters. The van der Waals surface area contributed by atoms with Crippen LogP contribution < -0.4 is 0 Å². The molecule has 2 aromatic carbocycles. The molecule has 0 saturated carbocycles. The Morgan fingerprint density at radius 3 is 2.33 bits per heavy atom. The van der Waals surface area contributed by atoms with Crippen LogP contribution in [0.25, 0.3) is 0 Å². The van der Waals surface area contributed by atoms with E-state index in [4.69, 9.17) is 4.74 Å². The van der Waals surface area contributed by atoms with Crippen molar-refractivity contribution in [3.05, 3.63) is 75.8 Å². The first-order valence-electron chi connectivity index (χ1n) is 6.63. The summed E-state index contributed by atoms with van der Waals surface area (Å²) in [5.41, 5.74) is -0.0315. The third-order valence-corrected chi connectivity index (χ3v) is 3.89. The van der Waals surface area contributed by atoms with Gasteiger partial charge in [0.1, 0.15) is 5.41 Å². The fourth-order valence-electron chi connectivity index (χ4n) is 2.90. The Morgan fingerprint density at radius 2 is 1.71 bits per heavy atom. The maximum absolute atomic E-state index is 12.4. The number of para-hydroxylation sites is 1. The third kappa shape index (κ3) is 1.98. The van der Waals surface area contributed by atoms with E-state index in [0.717, 1.165) is 5.56 Å². The largest absolute Gasteiger partial charge is 0.465 e. The van der Waals surface area contributed by atoms with Crippen LogP contribution in [-0.4, -0.2) is 17.5 Å². The van der Waals surface area contributed by atoms with Crippen LogP contribution in [0.5, 0.6) is 0 Å². The Labute approximate surface area is 121 Å². The highest BCUT2D eigenvalue weighted by molar-refractivity contribution is 5.90. The number of nitrogens with zero attached hydrogens (tertiary/aromatic N) is 1. The highest BCUT2D eigenvalue weighted by atomic mass is 16.6. The molecule has 0 aliphatic carbocycles. The third-order valence-electron chi connectivity index (χ3n) is 3.89. The van der Waals surface area contributed by atoms with E-state index in [1.54, 1.807) is 18.2 Å². The summed E-state index contributed by atoms with van der Waals surface area (Å²) in [7, 11) is 0. The molecule has 0 amide bonds. The summed E-state index contributed by atoms with van der Waals surface area (Å²) in [6.07, 6.45) is 0.403. The maximum atomic E-state index is 12.4. The number of ether oxygens (including phenoxy) is 1. The minimum absolute atomic E-state index is 0.0554. The average Bonchev–Trinajstić information content (AvgIpc) is 2.90. The van der Waals surface area contributed by atoms with Crippen molar-refractivity contribution >= 4 is 11.7 Å². The van der Waals surface area contributed by atoms with Gasteiger partial charge in [-0.15, -0.1) is 0 Å². The molecule has 1 fully saturated rings. The minimum atomic E-state index is -1.09. The number of hydrogen-bond donors (Lipinski definition) is 0. The van der Waals surface area contributed by atoms with Gasteiger partial charge in [0.25, 0.3) is 5.69 Å². The van der Waals surface area contributed by atoms with E-state index in [1.807, 2.05) is 30.3 Å². The highest BCUT2D eigenvalue weighted by Crippen LogP contribution is 2.44. The zero-order chi connectivity index (χ0) is 14.9. The van der Waals surface area contributed by atoms with Gasteiger partial charge in [-0.25, -0.2) is 0 Å². The maximum Gasteiger partial charge on any atom is 0.321 e. The molecule has 5 heteroatoms. The van der Waals surface area contributed by atoms with Crippen molar-refractivity contribution < 1.29 is 14.5 Å². The molecular formula is C16H13NO4. The second kappa shape index (κ2) is 5.01. The lowest BCUT2D eigenvalue weighted by Gasteiger charge is -2.25. The van der Waals surface area contributed by atoms with E-state index < -0.39 is 16.3 Å². The van der Waals surface area contributed by atoms with Crippen LogP contribution in [0, 0.1) is 10.1 Å². The van der Waals surface area contributed by atoms with Gasteiger partial charge in [-0.3, -0.25) is 14.9 Å². The highest BCUT2D eigenvalue weighted by Gasteiger charge is 2.50. The van der Waals surface area contributed by atoms with E-state index >= 15 is 0 Å². The Kier molecular flexibility index (Phi) is 3.17. The van der Waals surface area contributed by atoms with Gasteiger partial charge >= 0.3 is 5.97 Å². The van der Waals surface area contributed by atoms with Gasteiger partial charge in [-0.05, 0) is 5.56 Å². The molecule has 0 spiro atoms. The van der Waals surface area contributed by atoms with Gasteiger partial charge in [0.05, 0.1) is 17.1 Å². The quantitative estimate of drug-likeness (QED) is 0.493. The van der Waals surface area contributed by atoms with E-state index in [9.17, 15) is 14.9 Å². The predicted molar refractivity (Wildman–Crippen MR) is 75.9 cm³/mol. The monoisotopic (exact) mass is 283 g/mol. The SMILES string of the molecule is O=C1OCCC1(c1ccccc1)c1ccccc1[N+](=O)[O-]. The van der Waals surface area contributed by atoms with Gasteiger partial charge in [0.2, 0.25) is 0 Å². The molecular weight excluding hydrogens is 270 g/mol. The van der Waals surface area contributed by atoms with Crippen LogP contribution >= 0.6 is 0 Å². The normalized spacial score (nSPS) is 21.0. The zero-order valence-electron chi connectivity index (χ0n) is 11.2. The minimum Gasteiger partial charge on any atom is -0.465 e. The fraction of sp³-hybridized carbons (Fsp3) is 0.188. The topological polar surface area (TPSA) is 69.4 Å². The summed E-state index contributed by atoms with van der Waals surface area (Å²) in [5, 5.41) is 11.3. The molecule has 0 aromatic heterocycles. The Balaban J connectivity index is 2.28. The lowest BCUT2D eigenvalue weighted by molar-refractivity contribution is -0.385. The number of hydrogen-bond acceptors (Lipinski definition) is 4. The predicted octanol–water partition coefficient (Wildman–Crippen LogP) is 2.83. The number of carbonyl (C=O) groups is 1. The van der Waals surface area contributed by atoms with Crippen molar-refractivity contribution in [2.45, 2.75) is 11.8 Å². The van der Waals surface area contributed by atoms with Crippen LogP contribution in [0.1, 0.15) is 17.5 Å². The first-order valence-corrected chi connectivity index (χ1v) is 6.63. The second-order valence-electron chi connectivity index (χ2n) is 4.93. The van der Waals surface area contributed by atoms with Crippen molar-refractivity contribution in [3.8, 4) is 0 Å². The van der Waals surface area contributed by atoms with Crippen molar-refractivity contribution in [1.82, 2.24) is 0 Å². The van der Waals surface area contributed by atoms with Crippen LogP contribution in [-0.2, 0) is 14.9 Å². The zero-order valence-corrected chi connectivity index (χ0v) is 11.2. The first-order chi connectivity index (χ1) is 10.2. The van der Waals surface area contributed by atoms with Crippen molar-refractivity contribution in [3.63, 3.8) is 0 Å². The number of nitro groups is 1. The second-order valence-corrected chi connectivity index (χ2v) is 4.93. The summed E-state index contributed by atoms with van der Waals surface area (Å²) >= 11 is 0. The molecule has 1 saturated heterocycles. The summed E-state index contributed by atoms with van der Waals surface area (Å²) < 4.78 is 5.15. The van der Waals surface area contributed by atoms with Crippen molar-refractivity contribution in [2.24, 2.45) is 0 Å². The molecule has 106 valence electrons. The van der Waals surface area contributed by atoms with Crippen LogP contribution in [0.3, 0.4) is 0 Å². The smallest absolute Gasteiger partial charge is 0.321 e. The molecule has 1 aliphatic heterocycles. The van der Waals surface area contributed by atoms with E-state index in [0.29, 0.717) is 12.0 Å². The molecule has 1 unspecified atom stereocenters. The first kappa shape index (κ1) is 13.3. The Bertz CT molecular complexity index is 698. The molecule has 0 radical (unpaired) electrons. The Hall–Kier alpha value is -2.69. The molecule has 2 aromatic rings.